The van der Waals surface area contributed by atoms with Gasteiger partial charge in [-0.15, -0.1) is 0 Å². The second kappa shape index (κ2) is 6.15. The lowest BCUT2D eigenvalue weighted by molar-refractivity contribution is 0.258. The minimum Gasteiger partial charge on any atom is -0.330 e. The van der Waals surface area contributed by atoms with Crippen LogP contribution in [0.25, 0.3) is 0 Å². The third-order valence-corrected chi connectivity index (χ3v) is 5.45. The van der Waals surface area contributed by atoms with Gasteiger partial charge < -0.3 is 5.73 Å². The molecule has 0 saturated carbocycles. The predicted molar refractivity (Wildman–Crippen MR) is 71.5 cm³/mol. The summed E-state index contributed by atoms with van der Waals surface area (Å²) in [5.41, 5.74) is 5.50. The smallest absolute Gasteiger partial charge is 0.243 e. The van der Waals surface area contributed by atoms with Gasteiger partial charge in [-0.3, -0.25) is 0 Å². The summed E-state index contributed by atoms with van der Waals surface area (Å²) in [7, 11) is -3.77. The molecular formula is C13H18F2N2O2S. The average molecular weight is 304 g/mol. The topological polar surface area (TPSA) is 63.4 Å². The van der Waals surface area contributed by atoms with Crippen molar-refractivity contribution in [2.24, 2.45) is 11.7 Å². The molecule has 1 atom stereocenters. The second-order valence-corrected chi connectivity index (χ2v) is 6.96. The highest BCUT2D eigenvalue weighted by molar-refractivity contribution is 7.89. The van der Waals surface area contributed by atoms with E-state index in [9.17, 15) is 17.2 Å². The molecule has 1 heterocycles. The Morgan fingerprint density at radius 3 is 2.70 bits per heavy atom. The Balaban J connectivity index is 2.23. The Labute approximate surface area is 117 Å². The third-order valence-electron chi connectivity index (χ3n) is 3.59. The average Bonchev–Trinajstić information content (AvgIpc) is 2.42. The van der Waals surface area contributed by atoms with E-state index in [-0.39, 0.29) is 10.8 Å². The van der Waals surface area contributed by atoms with Crippen molar-refractivity contribution in [1.82, 2.24) is 4.31 Å². The van der Waals surface area contributed by atoms with E-state index in [1.807, 2.05) is 0 Å². The largest absolute Gasteiger partial charge is 0.330 e. The fourth-order valence-electron chi connectivity index (χ4n) is 2.50. The van der Waals surface area contributed by atoms with Crippen molar-refractivity contribution in [3.05, 3.63) is 29.8 Å². The van der Waals surface area contributed by atoms with Gasteiger partial charge in [-0.2, -0.15) is 4.31 Å². The summed E-state index contributed by atoms with van der Waals surface area (Å²) in [6.45, 7) is 1.31. The molecule has 2 N–H and O–H groups in total. The standard InChI is InChI=1S/C13H18F2N2O2S/c14-12-4-3-11(8-13(12)15)20(18,19)17-7-1-2-10(9-17)5-6-16/h3-4,8,10H,1-2,5-7,9,16H2. The molecule has 0 aliphatic carbocycles. The molecule has 1 saturated heterocycles. The Kier molecular flexibility index (Phi) is 4.72. The Hall–Kier alpha value is -1.05. The van der Waals surface area contributed by atoms with E-state index in [1.54, 1.807) is 0 Å². The lowest BCUT2D eigenvalue weighted by Gasteiger charge is -2.31. The van der Waals surface area contributed by atoms with Gasteiger partial charge in [0.15, 0.2) is 11.6 Å². The van der Waals surface area contributed by atoms with Gasteiger partial charge in [0, 0.05) is 13.1 Å². The first-order valence-electron chi connectivity index (χ1n) is 6.60. The second-order valence-electron chi connectivity index (χ2n) is 5.02. The minimum atomic E-state index is -3.77. The zero-order valence-electron chi connectivity index (χ0n) is 11.1. The summed E-state index contributed by atoms with van der Waals surface area (Å²) in [6.07, 6.45) is 2.47. The van der Waals surface area contributed by atoms with Crippen LogP contribution in [-0.4, -0.2) is 32.4 Å². The number of hydrogen-bond donors (Lipinski definition) is 1. The van der Waals surface area contributed by atoms with Crippen LogP contribution in [-0.2, 0) is 10.0 Å². The van der Waals surface area contributed by atoms with Crippen molar-refractivity contribution in [3.8, 4) is 0 Å². The first-order valence-corrected chi connectivity index (χ1v) is 8.04. The molecule has 2 rings (SSSR count). The molecule has 0 radical (unpaired) electrons. The van der Waals surface area contributed by atoms with Crippen LogP contribution >= 0.6 is 0 Å². The van der Waals surface area contributed by atoms with E-state index in [0.717, 1.165) is 37.5 Å². The Morgan fingerprint density at radius 1 is 1.30 bits per heavy atom. The van der Waals surface area contributed by atoms with Crippen LogP contribution in [0.15, 0.2) is 23.1 Å². The van der Waals surface area contributed by atoms with Crippen molar-refractivity contribution < 1.29 is 17.2 Å². The highest BCUT2D eigenvalue weighted by atomic mass is 32.2. The first kappa shape index (κ1) is 15.3. The number of sulfonamides is 1. The number of nitrogens with zero attached hydrogens (tertiary/aromatic N) is 1. The lowest BCUT2D eigenvalue weighted by Crippen LogP contribution is -2.40. The summed E-state index contributed by atoms with van der Waals surface area (Å²) >= 11 is 0. The summed E-state index contributed by atoms with van der Waals surface area (Å²) in [5.74, 6) is -1.97. The van der Waals surface area contributed by atoms with Gasteiger partial charge in [-0.05, 0) is 49.9 Å². The van der Waals surface area contributed by atoms with E-state index >= 15 is 0 Å². The number of halogens is 2. The molecule has 1 fully saturated rings. The number of rotatable bonds is 4. The molecule has 0 bridgehead atoms. The molecule has 0 aromatic heterocycles. The maximum absolute atomic E-state index is 13.2. The van der Waals surface area contributed by atoms with Crippen LogP contribution < -0.4 is 5.73 Å². The summed E-state index contributed by atoms with van der Waals surface area (Å²) < 4.78 is 52.2. The monoisotopic (exact) mass is 304 g/mol. The third kappa shape index (κ3) is 3.16. The van der Waals surface area contributed by atoms with Gasteiger partial charge in [0.1, 0.15) is 0 Å². The quantitative estimate of drug-likeness (QED) is 0.921. The van der Waals surface area contributed by atoms with E-state index in [1.165, 1.54) is 4.31 Å². The van der Waals surface area contributed by atoms with Crippen LogP contribution in [0, 0.1) is 17.6 Å². The fourth-order valence-corrected chi connectivity index (χ4v) is 4.07. The number of nitrogens with two attached hydrogens (primary N) is 1. The molecule has 1 aromatic carbocycles. The lowest BCUT2D eigenvalue weighted by atomic mass is 9.96. The fraction of sp³-hybridized carbons (Fsp3) is 0.538. The van der Waals surface area contributed by atoms with Crippen molar-refractivity contribution >= 4 is 10.0 Å². The van der Waals surface area contributed by atoms with Crippen LogP contribution in [0.3, 0.4) is 0 Å². The molecule has 0 amide bonds. The predicted octanol–water partition coefficient (Wildman–Crippen LogP) is 1.71. The highest BCUT2D eigenvalue weighted by Gasteiger charge is 2.30. The summed E-state index contributed by atoms with van der Waals surface area (Å²) in [5, 5.41) is 0. The van der Waals surface area contributed by atoms with Crippen LogP contribution in [0.1, 0.15) is 19.3 Å². The van der Waals surface area contributed by atoms with E-state index < -0.39 is 21.7 Å². The zero-order chi connectivity index (χ0) is 14.8. The molecular weight excluding hydrogens is 286 g/mol. The zero-order valence-corrected chi connectivity index (χ0v) is 11.9. The Morgan fingerprint density at radius 2 is 2.05 bits per heavy atom. The van der Waals surface area contributed by atoms with E-state index in [4.69, 9.17) is 5.73 Å². The Bertz CT molecular complexity index is 576. The molecule has 20 heavy (non-hydrogen) atoms. The van der Waals surface area contributed by atoms with Crippen LogP contribution in [0.4, 0.5) is 8.78 Å². The van der Waals surface area contributed by atoms with E-state index in [2.05, 4.69) is 0 Å². The molecule has 1 aliphatic rings. The maximum atomic E-state index is 13.2. The van der Waals surface area contributed by atoms with Gasteiger partial charge in [-0.1, -0.05) is 0 Å². The molecule has 1 aliphatic heterocycles. The van der Waals surface area contributed by atoms with Crippen molar-refractivity contribution in [2.75, 3.05) is 19.6 Å². The molecule has 1 aromatic rings. The number of benzene rings is 1. The van der Waals surface area contributed by atoms with Gasteiger partial charge >= 0.3 is 0 Å². The van der Waals surface area contributed by atoms with E-state index in [0.29, 0.717) is 19.6 Å². The van der Waals surface area contributed by atoms with Gasteiger partial charge in [0.05, 0.1) is 4.90 Å². The first-order chi connectivity index (χ1) is 9.45. The summed E-state index contributed by atoms with van der Waals surface area (Å²) in [6, 6.07) is 2.67. The SMILES string of the molecule is NCCC1CCCN(S(=O)(=O)c2ccc(F)c(F)c2)C1. The number of piperidine rings is 1. The minimum absolute atomic E-state index is 0.204. The van der Waals surface area contributed by atoms with Gasteiger partial charge in [-0.25, -0.2) is 17.2 Å². The van der Waals surface area contributed by atoms with Gasteiger partial charge in [0.25, 0.3) is 0 Å². The maximum Gasteiger partial charge on any atom is 0.243 e. The molecule has 0 spiro atoms. The summed E-state index contributed by atoms with van der Waals surface area (Å²) in [4.78, 5) is -0.204. The molecule has 7 heteroatoms. The van der Waals surface area contributed by atoms with Crippen molar-refractivity contribution in [1.29, 1.82) is 0 Å². The van der Waals surface area contributed by atoms with Crippen LogP contribution in [0.5, 0.6) is 0 Å². The van der Waals surface area contributed by atoms with Crippen molar-refractivity contribution in [3.63, 3.8) is 0 Å². The normalized spacial score (nSPS) is 21.1. The molecule has 112 valence electrons. The van der Waals surface area contributed by atoms with Crippen molar-refractivity contribution in [2.45, 2.75) is 24.2 Å². The number of hydrogen-bond acceptors (Lipinski definition) is 3. The van der Waals surface area contributed by atoms with Crippen LogP contribution in [0.2, 0.25) is 0 Å². The highest BCUT2D eigenvalue weighted by Crippen LogP contribution is 2.25. The molecule has 4 nitrogen and oxygen atoms in total. The van der Waals surface area contributed by atoms with Gasteiger partial charge in [0.2, 0.25) is 10.0 Å². The molecule has 1 unspecified atom stereocenters.